The molecule has 10 amide bonds. The molecular weight excluding hydrogens is 1380 g/mol. The van der Waals surface area contributed by atoms with Crippen molar-refractivity contribution in [1.29, 1.82) is 0 Å². The number of H-pyrrole nitrogens is 2. The van der Waals surface area contributed by atoms with E-state index in [-0.39, 0.29) is 136 Å². The lowest BCUT2D eigenvalue weighted by Gasteiger charge is -2.33. The molecule has 2 aliphatic heterocycles. The summed E-state index contributed by atoms with van der Waals surface area (Å²) < 4.78 is 0. The lowest BCUT2D eigenvalue weighted by atomic mass is 9.96. The van der Waals surface area contributed by atoms with Crippen LogP contribution in [0.3, 0.4) is 0 Å². The summed E-state index contributed by atoms with van der Waals surface area (Å²) in [5.74, 6) is -12.1. The number of para-hydroxylation sites is 2. The van der Waals surface area contributed by atoms with Crippen LogP contribution in [0.1, 0.15) is 103 Å². The molecule has 10 unspecified atom stereocenters. The quantitative estimate of drug-likeness (QED) is 0.0255. The second-order valence-corrected chi connectivity index (χ2v) is 28.4. The third-order valence-electron chi connectivity index (χ3n) is 19.9. The average Bonchev–Trinajstić information content (AvgIpc) is 1.74. The molecular formula is C75H106N16O16. The van der Waals surface area contributed by atoms with Gasteiger partial charge in [0, 0.05) is 119 Å². The number of carbonyl (C=O) groups is 13. The van der Waals surface area contributed by atoms with Crippen molar-refractivity contribution in [3.63, 3.8) is 0 Å². The van der Waals surface area contributed by atoms with Crippen LogP contribution in [0.4, 0.5) is 0 Å². The van der Waals surface area contributed by atoms with Crippen LogP contribution < -0.4 is 48.7 Å². The fourth-order valence-corrected chi connectivity index (χ4v) is 13.5. The van der Waals surface area contributed by atoms with Gasteiger partial charge < -0.3 is 78.9 Å². The number of carboxylic acid groups (broad SMARTS) is 3. The van der Waals surface area contributed by atoms with Crippen LogP contribution in [0.25, 0.3) is 21.8 Å². The Bertz CT molecular complexity index is 3870. The predicted octanol–water partition coefficient (Wildman–Crippen LogP) is 0.426. The number of carboxylic acids is 3. The monoisotopic (exact) mass is 1490 g/mol. The molecule has 0 saturated carbocycles. The maximum Gasteiger partial charge on any atom is 0.317 e. The van der Waals surface area contributed by atoms with Crippen molar-refractivity contribution < 1.29 is 77.6 Å². The zero-order valence-corrected chi connectivity index (χ0v) is 61.8. The number of hydrogen-bond acceptors (Lipinski definition) is 17. The van der Waals surface area contributed by atoms with E-state index in [1.165, 1.54) is 4.90 Å². The minimum Gasteiger partial charge on any atom is -0.480 e. The number of rotatable bonds is 38. The first-order valence-electron chi connectivity index (χ1n) is 36.7. The molecule has 7 rings (SSSR count). The number of nitrogens with two attached hydrogens (primary N) is 2. The van der Waals surface area contributed by atoms with Crippen molar-refractivity contribution in [3.05, 3.63) is 108 Å². The third kappa shape index (κ3) is 25.7. The number of hydrogen-bond donors (Lipinski definition) is 14. The number of likely N-dealkylation sites (tertiary alicyclic amines) is 1. The number of benzene rings is 3. The van der Waals surface area contributed by atoms with Crippen molar-refractivity contribution >= 4 is 98.8 Å². The average molecular weight is 1490 g/mol. The molecule has 0 bridgehead atoms. The summed E-state index contributed by atoms with van der Waals surface area (Å²) in [6.07, 6.45) is 3.89. The number of amides is 10. The lowest BCUT2D eigenvalue weighted by Crippen LogP contribution is -2.61. The van der Waals surface area contributed by atoms with Gasteiger partial charge in [0.1, 0.15) is 48.3 Å². The highest BCUT2D eigenvalue weighted by Crippen LogP contribution is 2.25. The van der Waals surface area contributed by atoms with Crippen LogP contribution >= 0.6 is 0 Å². The van der Waals surface area contributed by atoms with Gasteiger partial charge in [-0.2, -0.15) is 0 Å². The Morgan fingerprint density at radius 3 is 1.34 bits per heavy atom. The molecule has 10 atom stereocenters. The molecule has 0 spiro atoms. The third-order valence-corrected chi connectivity index (χ3v) is 19.9. The highest BCUT2D eigenvalue weighted by Gasteiger charge is 2.42. The molecule has 0 aliphatic carbocycles. The van der Waals surface area contributed by atoms with E-state index in [1.807, 2.05) is 69.3 Å². The van der Waals surface area contributed by atoms with E-state index in [2.05, 4.69) is 47.2 Å². The van der Waals surface area contributed by atoms with Crippen molar-refractivity contribution in [2.45, 2.75) is 154 Å². The number of fused-ring (bicyclic) bond motifs is 2. The number of carbonyl (C=O) groups excluding carboxylic acids is 10. The summed E-state index contributed by atoms with van der Waals surface area (Å²) in [5, 5.41) is 50.6. The van der Waals surface area contributed by atoms with E-state index in [0.717, 1.165) is 21.8 Å². The summed E-state index contributed by atoms with van der Waals surface area (Å²) in [7, 11) is 0. The molecule has 5 aromatic rings. The topological polar surface area (TPSA) is 467 Å². The summed E-state index contributed by atoms with van der Waals surface area (Å²) in [6.45, 7) is 10.4. The molecule has 2 saturated heterocycles. The molecule has 582 valence electrons. The maximum absolute atomic E-state index is 15.5. The van der Waals surface area contributed by atoms with Crippen LogP contribution in [0, 0.1) is 17.8 Å². The first-order chi connectivity index (χ1) is 51.0. The standard InChI is InChI=1S/C75H106N16O16/c1-7-46(5)66(73(105)81-55(24-25-61(76)92)69(101)82-56(68(77)100)35-45(3)4)86-71(103)58(38-50-40-79-54-22-15-13-20-52(50)54)83-72(104)60-23-16-26-91(60)75(107)59(36-48-17-10-9-11-18-48)84-74(106)67(47(6)8-2)85-70(102)57(37-49-39-78-53-21-14-12-19-51(49)53)80-62(93)41-87-27-29-88(42-63(94)95)31-33-90(44-65(98)99)34-32-89(30-28-87)43-64(96)97/h9-15,17-22,39-40,45-47,55-60,66-67,78-79H,7-8,16,23-38,41-44H2,1-6H3,(H2,76,92)(H2,77,100)(H,80,93)(H,81,105)(H,82,101)(H,83,104)(H,84,106)(H,85,102)(H,86,103)(H,94,95)(H,96,97)(H,98,99). The summed E-state index contributed by atoms with van der Waals surface area (Å²) >= 11 is 0. The van der Waals surface area contributed by atoms with Crippen LogP contribution in [0.2, 0.25) is 0 Å². The van der Waals surface area contributed by atoms with Gasteiger partial charge in [-0.25, -0.2) is 0 Å². The van der Waals surface area contributed by atoms with Crippen LogP contribution in [0.5, 0.6) is 0 Å². The molecule has 2 aliphatic rings. The van der Waals surface area contributed by atoms with Crippen LogP contribution in [-0.4, -0.2) is 260 Å². The molecule has 4 heterocycles. The predicted molar refractivity (Wildman–Crippen MR) is 397 cm³/mol. The fourth-order valence-electron chi connectivity index (χ4n) is 13.5. The Balaban J connectivity index is 1.14. The molecule has 16 N–H and O–H groups in total. The van der Waals surface area contributed by atoms with Gasteiger partial charge in [0.2, 0.25) is 59.1 Å². The fraction of sp³-hybridized carbons (Fsp3) is 0.533. The summed E-state index contributed by atoms with van der Waals surface area (Å²) in [4.78, 5) is 194. The van der Waals surface area contributed by atoms with Crippen molar-refractivity contribution in [3.8, 4) is 0 Å². The van der Waals surface area contributed by atoms with Gasteiger partial charge in [-0.05, 0) is 72.3 Å². The van der Waals surface area contributed by atoms with E-state index in [9.17, 15) is 53.7 Å². The van der Waals surface area contributed by atoms with Gasteiger partial charge in [-0.15, -0.1) is 0 Å². The number of nitrogens with one attached hydrogen (secondary N) is 9. The highest BCUT2D eigenvalue weighted by molar-refractivity contribution is 5.99. The first-order valence-corrected chi connectivity index (χ1v) is 36.7. The Kier molecular flexibility index (Phi) is 32.2. The summed E-state index contributed by atoms with van der Waals surface area (Å²) in [6, 6.07) is 13.0. The number of aromatic amines is 2. The highest BCUT2D eigenvalue weighted by atomic mass is 16.4. The Hall–Kier alpha value is -10.3. The Morgan fingerprint density at radius 1 is 0.477 bits per heavy atom. The smallest absolute Gasteiger partial charge is 0.317 e. The number of primary amides is 2. The van der Waals surface area contributed by atoms with Gasteiger partial charge in [-0.1, -0.05) is 121 Å². The summed E-state index contributed by atoms with van der Waals surface area (Å²) in [5.41, 5.74) is 14.5. The first kappa shape index (κ1) is 84.0. The lowest BCUT2D eigenvalue weighted by molar-refractivity contribution is -0.143. The number of aliphatic carboxylic acids is 3. The number of nitrogens with zero attached hydrogens (tertiary/aromatic N) is 5. The Labute approximate surface area is 621 Å². The zero-order valence-electron chi connectivity index (χ0n) is 61.8. The Morgan fingerprint density at radius 2 is 0.897 bits per heavy atom. The van der Waals surface area contributed by atoms with Gasteiger partial charge in [0.25, 0.3) is 0 Å². The van der Waals surface area contributed by atoms with Crippen molar-refractivity contribution in [2.75, 3.05) is 85.1 Å². The zero-order chi connectivity index (χ0) is 78.0. The normalized spacial score (nSPS) is 17.6. The van der Waals surface area contributed by atoms with Crippen molar-refractivity contribution in [2.24, 2.45) is 29.2 Å². The maximum atomic E-state index is 15.5. The second kappa shape index (κ2) is 41.0. The van der Waals surface area contributed by atoms with Crippen LogP contribution in [-0.2, 0) is 81.6 Å². The SMILES string of the molecule is CCC(C)C(NC(=O)C(Cc1c[nH]c2ccccc12)NC(=O)C1CCCN1C(=O)C(Cc1ccccc1)NC(=O)C(NC(=O)C(Cc1c[nH]c2ccccc12)NC(=O)CN1CCN(CC(=O)O)CCN(CC(=O)O)CCN(CC(=O)O)CC1)C(C)CC)C(=O)NC(CCC(N)=O)C(=O)NC(CC(C)C)C(N)=O. The van der Waals surface area contributed by atoms with E-state index in [4.69, 9.17) is 11.5 Å². The van der Waals surface area contributed by atoms with Gasteiger partial charge >= 0.3 is 17.9 Å². The molecule has 32 nitrogen and oxygen atoms in total. The van der Waals surface area contributed by atoms with E-state index in [1.54, 1.807) is 83.1 Å². The van der Waals surface area contributed by atoms with Crippen LogP contribution in [0.15, 0.2) is 91.3 Å². The minimum atomic E-state index is -1.40. The molecule has 107 heavy (non-hydrogen) atoms. The minimum absolute atomic E-state index is 0.0580. The van der Waals surface area contributed by atoms with E-state index >= 15 is 24.0 Å². The van der Waals surface area contributed by atoms with Crippen molar-refractivity contribution in [1.82, 2.24) is 71.7 Å². The molecule has 32 heteroatoms. The molecule has 2 fully saturated rings. The molecule has 3 aromatic carbocycles. The van der Waals surface area contributed by atoms with Gasteiger partial charge in [-0.3, -0.25) is 81.9 Å². The second-order valence-electron chi connectivity index (χ2n) is 28.4. The van der Waals surface area contributed by atoms with Gasteiger partial charge in [0.05, 0.1) is 26.2 Å². The van der Waals surface area contributed by atoms with E-state index < -0.39 is 137 Å². The largest absolute Gasteiger partial charge is 0.480 e. The van der Waals surface area contributed by atoms with Gasteiger partial charge in [0.15, 0.2) is 0 Å². The molecule has 0 radical (unpaired) electrons. The number of aromatic nitrogens is 2. The molecule has 2 aromatic heterocycles. The van der Waals surface area contributed by atoms with E-state index in [0.29, 0.717) is 36.0 Å².